The first-order valence-electron chi connectivity index (χ1n) is 13.7. The van der Waals surface area contributed by atoms with Crippen molar-refractivity contribution in [2.75, 3.05) is 39.4 Å². The summed E-state index contributed by atoms with van der Waals surface area (Å²) in [5.74, 6) is -0.701. The molecule has 2 aromatic carbocycles. The summed E-state index contributed by atoms with van der Waals surface area (Å²) in [7, 11) is 0. The van der Waals surface area contributed by atoms with Crippen LogP contribution in [-0.4, -0.2) is 78.1 Å². The fourth-order valence-electron chi connectivity index (χ4n) is 5.31. The first-order valence-corrected chi connectivity index (χ1v) is 13.7. The molecular formula is C30H38FN3O5. The number of hydrogen-bond donors (Lipinski definition) is 1. The molecule has 2 heterocycles. The lowest BCUT2D eigenvalue weighted by molar-refractivity contribution is -0.178. The van der Waals surface area contributed by atoms with Crippen molar-refractivity contribution in [3.8, 4) is 5.75 Å². The van der Waals surface area contributed by atoms with E-state index in [1.165, 1.54) is 18.2 Å². The number of hydrogen-bond acceptors (Lipinski definition) is 5. The predicted molar refractivity (Wildman–Crippen MR) is 145 cm³/mol. The van der Waals surface area contributed by atoms with E-state index in [9.17, 15) is 18.8 Å². The number of nitrogens with one attached hydrogen (secondary N) is 1. The van der Waals surface area contributed by atoms with Gasteiger partial charge in [0.2, 0.25) is 5.91 Å². The Labute approximate surface area is 229 Å². The quantitative estimate of drug-likeness (QED) is 0.642. The molecule has 2 aliphatic heterocycles. The molecule has 0 radical (unpaired) electrons. The van der Waals surface area contributed by atoms with E-state index in [-0.39, 0.29) is 30.5 Å². The van der Waals surface area contributed by atoms with Crippen molar-refractivity contribution < 1.29 is 28.2 Å². The van der Waals surface area contributed by atoms with E-state index < -0.39 is 22.9 Å². The second kappa shape index (κ2) is 12.2. The first kappa shape index (κ1) is 28.5. The maximum atomic E-state index is 13.9. The standard InChI is InChI=1S/C30H38FN3O5/c1-4-33-16-18-38-25-14-6-5-10-22(25)11-7-8-15-30(28(33)37)21-34(17-19-39-30)27(36)29(2,3)32-26(35)23-12-9-13-24(31)20-23/h5-6,9-10,12-14,20H,4,7-8,11,15-19,21H2,1-3H3,(H,32,35). The number of rotatable bonds is 4. The highest BCUT2D eigenvalue weighted by atomic mass is 19.1. The SMILES string of the molecule is CCN1CCOc2ccccc2CCCCC2(CN(C(=O)C(C)(C)NC(=O)c3cccc(F)c3)CCO2)C1=O. The van der Waals surface area contributed by atoms with E-state index in [1.54, 1.807) is 23.6 Å². The molecule has 3 amide bonds. The molecule has 1 fully saturated rings. The van der Waals surface area contributed by atoms with Crippen molar-refractivity contribution in [1.82, 2.24) is 15.1 Å². The third-order valence-corrected chi connectivity index (χ3v) is 7.45. The molecular weight excluding hydrogens is 501 g/mol. The highest BCUT2D eigenvalue weighted by molar-refractivity contribution is 5.99. The zero-order valence-corrected chi connectivity index (χ0v) is 23.0. The maximum Gasteiger partial charge on any atom is 0.256 e. The van der Waals surface area contributed by atoms with Crippen LogP contribution in [0.2, 0.25) is 0 Å². The van der Waals surface area contributed by atoms with Gasteiger partial charge in [-0.05, 0) is 76.3 Å². The molecule has 1 saturated heterocycles. The molecule has 210 valence electrons. The van der Waals surface area contributed by atoms with Crippen molar-refractivity contribution in [3.63, 3.8) is 0 Å². The van der Waals surface area contributed by atoms with Gasteiger partial charge in [-0.25, -0.2) is 4.39 Å². The lowest BCUT2D eigenvalue weighted by atomic mass is 9.90. The van der Waals surface area contributed by atoms with Crippen LogP contribution in [0.1, 0.15) is 56.0 Å². The van der Waals surface area contributed by atoms with Crippen molar-refractivity contribution in [2.45, 2.75) is 57.6 Å². The third-order valence-electron chi connectivity index (χ3n) is 7.45. The van der Waals surface area contributed by atoms with Gasteiger partial charge in [0.25, 0.3) is 11.8 Å². The van der Waals surface area contributed by atoms with Crippen LogP contribution < -0.4 is 10.1 Å². The number of aryl methyl sites for hydroxylation is 1. The van der Waals surface area contributed by atoms with Crippen molar-refractivity contribution in [1.29, 1.82) is 0 Å². The fourth-order valence-corrected chi connectivity index (χ4v) is 5.31. The van der Waals surface area contributed by atoms with Crippen LogP contribution in [0.15, 0.2) is 48.5 Å². The average molecular weight is 540 g/mol. The van der Waals surface area contributed by atoms with E-state index >= 15 is 0 Å². The van der Waals surface area contributed by atoms with E-state index in [1.807, 2.05) is 25.1 Å². The largest absolute Gasteiger partial charge is 0.491 e. The summed E-state index contributed by atoms with van der Waals surface area (Å²) >= 11 is 0. The molecule has 8 nitrogen and oxygen atoms in total. The minimum Gasteiger partial charge on any atom is -0.491 e. The average Bonchev–Trinajstić information content (AvgIpc) is 2.92. The summed E-state index contributed by atoms with van der Waals surface area (Å²) in [4.78, 5) is 43.7. The fraction of sp³-hybridized carbons (Fsp3) is 0.500. The van der Waals surface area contributed by atoms with E-state index in [2.05, 4.69) is 11.4 Å². The zero-order chi connectivity index (χ0) is 28.0. The van der Waals surface area contributed by atoms with Gasteiger partial charge in [0.15, 0.2) is 5.60 Å². The zero-order valence-electron chi connectivity index (χ0n) is 23.0. The molecule has 0 aromatic heterocycles. The number of carbonyl (C=O) groups is 3. The lowest BCUT2D eigenvalue weighted by Gasteiger charge is -2.45. The predicted octanol–water partition coefficient (Wildman–Crippen LogP) is 3.59. The second-order valence-electron chi connectivity index (χ2n) is 10.7. The number of carbonyl (C=O) groups excluding carboxylic acids is 3. The van der Waals surface area contributed by atoms with Gasteiger partial charge in [-0.1, -0.05) is 24.3 Å². The van der Waals surface area contributed by atoms with Gasteiger partial charge >= 0.3 is 0 Å². The molecule has 0 aliphatic carbocycles. The van der Waals surface area contributed by atoms with Crippen LogP contribution in [0.5, 0.6) is 5.75 Å². The van der Waals surface area contributed by atoms with Gasteiger partial charge in [-0.3, -0.25) is 14.4 Å². The highest BCUT2D eigenvalue weighted by Gasteiger charge is 2.48. The van der Waals surface area contributed by atoms with E-state index in [0.717, 1.165) is 36.6 Å². The van der Waals surface area contributed by atoms with Crippen LogP contribution in [-0.2, 0) is 20.7 Å². The second-order valence-corrected chi connectivity index (χ2v) is 10.7. The number of para-hydroxylation sites is 1. The van der Waals surface area contributed by atoms with Crippen LogP contribution in [0.25, 0.3) is 0 Å². The molecule has 2 aliphatic rings. The van der Waals surface area contributed by atoms with Crippen molar-refractivity contribution in [2.24, 2.45) is 0 Å². The third kappa shape index (κ3) is 6.58. The Bertz CT molecular complexity index is 1200. The summed E-state index contributed by atoms with van der Waals surface area (Å²) in [6.07, 6.45) is 2.87. The van der Waals surface area contributed by atoms with Crippen molar-refractivity contribution in [3.05, 3.63) is 65.5 Å². The molecule has 1 atom stereocenters. The summed E-state index contributed by atoms with van der Waals surface area (Å²) in [5.41, 5.74) is -1.19. The Hall–Kier alpha value is -3.46. The topological polar surface area (TPSA) is 88.2 Å². The number of nitrogens with zero attached hydrogens (tertiary/aromatic N) is 2. The first-order chi connectivity index (χ1) is 18.6. The molecule has 1 N–H and O–H groups in total. The molecule has 9 heteroatoms. The Balaban J connectivity index is 1.52. The molecule has 0 bridgehead atoms. The van der Waals surface area contributed by atoms with Gasteiger partial charge in [0, 0.05) is 18.7 Å². The number of halogens is 1. The molecule has 4 rings (SSSR count). The summed E-state index contributed by atoms with van der Waals surface area (Å²) in [6, 6.07) is 13.3. The lowest BCUT2D eigenvalue weighted by Crippen LogP contribution is -2.65. The highest BCUT2D eigenvalue weighted by Crippen LogP contribution is 2.30. The Morgan fingerprint density at radius 3 is 2.64 bits per heavy atom. The number of ether oxygens (including phenoxy) is 2. The summed E-state index contributed by atoms with van der Waals surface area (Å²) < 4.78 is 25.9. The van der Waals surface area contributed by atoms with E-state index in [0.29, 0.717) is 32.7 Å². The smallest absolute Gasteiger partial charge is 0.256 e. The molecule has 1 unspecified atom stereocenters. The van der Waals surface area contributed by atoms with Crippen LogP contribution >= 0.6 is 0 Å². The summed E-state index contributed by atoms with van der Waals surface area (Å²) in [5, 5.41) is 2.74. The Morgan fingerprint density at radius 1 is 1.08 bits per heavy atom. The van der Waals surface area contributed by atoms with Crippen LogP contribution in [0, 0.1) is 5.82 Å². The monoisotopic (exact) mass is 539 g/mol. The minimum atomic E-state index is -1.28. The van der Waals surface area contributed by atoms with Gasteiger partial charge in [0.1, 0.15) is 23.7 Å². The maximum absolute atomic E-state index is 13.9. The Kier molecular flexibility index (Phi) is 8.90. The molecule has 2 aromatic rings. The normalized spacial score (nSPS) is 20.9. The molecule has 1 spiro atoms. The number of benzene rings is 2. The Morgan fingerprint density at radius 2 is 1.87 bits per heavy atom. The number of fused-ring (bicyclic) bond motifs is 1. The molecule has 39 heavy (non-hydrogen) atoms. The van der Waals surface area contributed by atoms with Gasteiger partial charge in [-0.2, -0.15) is 0 Å². The van der Waals surface area contributed by atoms with Gasteiger partial charge < -0.3 is 24.6 Å². The molecule has 0 saturated carbocycles. The number of amides is 3. The van der Waals surface area contributed by atoms with Crippen LogP contribution in [0.4, 0.5) is 4.39 Å². The van der Waals surface area contributed by atoms with Crippen LogP contribution in [0.3, 0.4) is 0 Å². The van der Waals surface area contributed by atoms with E-state index in [4.69, 9.17) is 9.47 Å². The summed E-state index contributed by atoms with van der Waals surface area (Å²) in [6.45, 7) is 7.00. The van der Waals surface area contributed by atoms with Crippen molar-refractivity contribution >= 4 is 17.7 Å². The number of morpholine rings is 1. The van der Waals surface area contributed by atoms with Gasteiger partial charge in [-0.15, -0.1) is 0 Å². The number of likely N-dealkylation sites (N-methyl/N-ethyl adjacent to an activating group) is 1. The van der Waals surface area contributed by atoms with Gasteiger partial charge in [0.05, 0.1) is 19.7 Å². The minimum absolute atomic E-state index is 0.0951.